The van der Waals surface area contributed by atoms with Crippen molar-refractivity contribution in [1.82, 2.24) is 10.2 Å². The van der Waals surface area contributed by atoms with Crippen LogP contribution in [-0.4, -0.2) is 29.5 Å². The number of carbonyl (C=O) groups excluding carboxylic acids is 1. The van der Waals surface area contributed by atoms with Gasteiger partial charge in [0.2, 0.25) is 5.91 Å². The molecule has 0 bridgehead atoms. The summed E-state index contributed by atoms with van der Waals surface area (Å²) in [4.78, 5) is 15.4. The fraction of sp³-hybridized carbons (Fsp3) is 0.500. The van der Waals surface area contributed by atoms with Gasteiger partial charge in [0.1, 0.15) is 17.2 Å². The lowest BCUT2D eigenvalue weighted by molar-refractivity contribution is -0.128. The quantitative estimate of drug-likeness (QED) is 0.586. The Bertz CT molecular complexity index is 955. The number of rotatable bonds is 6. The number of piperidine rings is 1. The molecule has 0 radical (unpaired) electrons. The third-order valence-electron chi connectivity index (χ3n) is 7.17. The third kappa shape index (κ3) is 4.94. The molecular formula is C26H32ClFN2O2. The Hall–Kier alpha value is -2.11. The van der Waals surface area contributed by atoms with E-state index in [2.05, 4.69) is 30.1 Å². The zero-order valence-corrected chi connectivity index (χ0v) is 19.6. The lowest BCUT2D eigenvalue weighted by atomic mass is 9.83. The number of carbonyl (C=O) groups is 1. The van der Waals surface area contributed by atoms with Crippen LogP contribution in [0.25, 0.3) is 0 Å². The van der Waals surface area contributed by atoms with Crippen LogP contribution in [0.2, 0.25) is 5.02 Å². The zero-order valence-electron chi connectivity index (χ0n) is 18.9. The van der Waals surface area contributed by atoms with E-state index in [1.165, 1.54) is 6.07 Å². The smallest absolute Gasteiger partial charge is 0.223 e. The minimum Gasteiger partial charge on any atom is -0.487 e. The summed E-state index contributed by atoms with van der Waals surface area (Å²) in [5, 5.41) is 3.74. The normalized spacial score (nSPS) is 20.9. The molecule has 2 heterocycles. The number of halogens is 2. The number of amides is 1. The topological polar surface area (TPSA) is 41.6 Å². The van der Waals surface area contributed by atoms with Crippen LogP contribution in [0.3, 0.4) is 0 Å². The van der Waals surface area contributed by atoms with Gasteiger partial charge in [-0.1, -0.05) is 49.7 Å². The van der Waals surface area contributed by atoms with E-state index in [4.69, 9.17) is 16.3 Å². The van der Waals surface area contributed by atoms with Crippen molar-refractivity contribution in [2.75, 3.05) is 13.1 Å². The van der Waals surface area contributed by atoms with Gasteiger partial charge in [0.15, 0.2) is 0 Å². The molecule has 4 rings (SSSR count). The van der Waals surface area contributed by atoms with Crippen LogP contribution in [0.4, 0.5) is 4.39 Å². The predicted octanol–water partition coefficient (Wildman–Crippen LogP) is 5.89. The second kappa shape index (κ2) is 9.80. The molecule has 2 aromatic carbocycles. The second-order valence-electron chi connectivity index (χ2n) is 9.08. The van der Waals surface area contributed by atoms with E-state index in [9.17, 15) is 9.18 Å². The Labute approximate surface area is 195 Å². The van der Waals surface area contributed by atoms with E-state index in [-0.39, 0.29) is 29.3 Å². The van der Waals surface area contributed by atoms with Gasteiger partial charge in [-0.25, -0.2) is 4.39 Å². The van der Waals surface area contributed by atoms with Gasteiger partial charge in [-0.15, -0.1) is 0 Å². The molecule has 0 spiro atoms. The number of hydrogen-bond donors (Lipinski definition) is 1. The van der Waals surface area contributed by atoms with Crippen molar-refractivity contribution in [1.29, 1.82) is 0 Å². The number of ether oxygens (including phenoxy) is 1. The van der Waals surface area contributed by atoms with Crippen LogP contribution in [-0.2, 0) is 11.3 Å². The fourth-order valence-electron chi connectivity index (χ4n) is 4.96. The van der Waals surface area contributed by atoms with Crippen molar-refractivity contribution >= 4 is 17.5 Å². The van der Waals surface area contributed by atoms with Crippen LogP contribution in [0.15, 0.2) is 42.5 Å². The first-order chi connectivity index (χ1) is 15.4. The molecule has 0 aromatic heterocycles. The fourth-order valence-corrected chi connectivity index (χ4v) is 5.12. The number of hydrogen-bond acceptors (Lipinski definition) is 3. The molecule has 2 aliphatic heterocycles. The number of para-hydroxylation sites is 1. The van der Waals surface area contributed by atoms with Crippen molar-refractivity contribution < 1.29 is 13.9 Å². The molecule has 4 nitrogen and oxygen atoms in total. The standard InChI is InChI=1S/C26H32ClFN2O2/c1-3-26(4-2)16-23(21-7-5-6-8-24(21)32-26)29-25(31)18-11-13-30(14-12-18)17-19-9-10-20(27)15-22(19)28/h5-10,15,18,23H,3-4,11-14,16-17H2,1-2H3,(H,29,31). The average Bonchev–Trinajstić information content (AvgIpc) is 2.81. The van der Waals surface area contributed by atoms with E-state index < -0.39 is 0 Å². The largest absolute Gasteiger partial charge is 0.487 e. The molecule has 1 fully saturated rings. The minimum atomic E-state index is -0.272. The van der Waals surface area contributed by atoms with E-state index in [1.54, 1.807) is 12.1 Å². The lowest BCUT2D eigenvalue weighted by Gasteiger charge is -2.42. The molecule has 172 valence electrons. The molecule has 0 saturated carbocycles. The van der Waals surface area contributed by atoms with Crippen molar-refractivity contribution in [3.63, 3.8) is 0 Å². The molecule has 1 atom stereocenters. The van der Waals surface area contributed by atoms with E-state index in [0.717, 1.165) is 56.5 Å². The molecule has 2 aliphatic rings. The highest BCUT2D eigenvalue weighted by Gasteiger charge is 2.39. The first-order valence-electron chi connectivity index (χ1n) is 11.7. The Kier molecular flexibility index (Phi) is 7.06. The molecule has 6 heteroatoms. The Morgan fingerprint density at radius 1 is 1.19 bits per heavy atom. The highest BCUT2D eigenvalue weighted by molar-refractivity contribution is 6.30. The summed E-state index contributed by atoms with van der Waals surface area (Å²) in [5.74, 6) is 0.706. The number of likely N-dealkylation sites (tertiary alicyclic amines) is 1. The SMILES string of the molecule is CCC1(CC)CC(NC(=O)C2CCN(Cc3ccc(Cl)cc3F)CC2)c2ccccc2O1. The maximum Gasteiger partial charge on any atom is 0.223 e. The summed E-state index contributed by atoms with van der Waals surface area (Å²) < 4.78 is 20.5. The molecule has 0 aliphatic carbocycles. The maximum absolute atomic E-state index is 14.1. The third-order valence-corrected chi connectivity index (χ3v) is 7.40. The van der Waals surface area contributed by atoms with Crippen LogP contribution >= 0.6 is 11.6 Å². The van der Waals surface area contributed by atoms with Crippen LogP contribution in [0, 0.1) is 11.7 Å². The van der Waals surface area contributed by atoms with Gasteiger partial charge in [-0.2, -0.15) is 0 Å². The molecule has 32 heavy (non-hydrogen) atoms. The van der Waals surface area contributed by atoms with E-state index in [0.29, 0.717) is 17.1 Å². The van der Waals surface area contributed by atoms with Gasteiger partial charge >= 0.3 is 0 Å². The van der Waals surface area contributed by atoms with Crippen LogP contribution < -0.4 is 10.1 Å². The molecular weight excluding hydrogens is 427 g/mol. The number of nitrogens with zero attached hydrogens (tertiary/aromatic N) is 1. The lowest BCUT2D eigenvalue weighted by Crippen LogP contribution is -2.47. The average molecular weight is 459 g/mol. The van der Waals surface area contributed by atoms with Crippen molar-refractivity contribution in [3.05, 3.63) is 64.4 Å². The molecule has 1 unspecified atom stereocenters. The van der Waals surface area contributed by atoms with Gasteiger partial charge in [-0.3, -0.25) is 9.69 Å². The second-order valence-corrected chi connectivity index (χ2v) is 9.52. The molecule has 1 N–H and O–H groups in total. The van der Waals surface area contributed by atoms with Gasteiger partial charge in [0.05, 0.1) is 6.04 Å². The zero-order chi connectivity index (χ0) is 22.7. The summed E-state index contributed by atoms with van der Waals surface area (Å²) in [7, 11) is 0. The van der Waals surface area contributed by atoms with Crippen molar-refractivity contribution in [3.8, 4) is 5.75 Å². The van der Waals surface area contributed by atoms with Crippen LogP contribution in [0.5, 0.6) is 5.75 Å². The highest BCUT2D eigenvalue weighted by Crippen LogP contribution is 2.42. The summed E-state index contributed by atoms with van der Waals surface area (Å²) in [6.07, 6.45) is 4.16. The van der Waals surface area contributed by atoms with Gasteiger partial charge in [0.25, 0.3) is 0 Å². The van der Waals surface area contributed by atoms with Gasteiger partial charge in [0, 0.05) is 35.0 Å². The van der Waals surface area contributed by atoms with Crippen molar-refractivity contribution in [2.45, 2.75) is 64.1 Å². The summed E-state index contributed by atoms with van der Waals surface area (Å²) >= 11 is 5.86. The number of benzene rings is 2. The molecule has 1 saturated heterocycles. The Balaban J connectivity index is 1.37. The van der Waals surface area contributed by atoms with Crippen molar-refractivity contribution in [2.24, 2.45) is 5.92 Å². The Morgan fingerprint density at radius 2 is 1.91 bits per heavy atom. The van der Waals surface area contributed by atoms with Crippen LogP contribution in [0.1, 0.15) is 63.1 Å². The number of fused-ring (bicyclic) bond motifs is 1. The van der Waals surface area contributed by atoms with E-state index >= 15 is 0 Å². The molecule has 2 aromatic rings. The van der Waals surface area contributed by atoms with Gasteiger partial charge < -0.3 is 10.1 Å². The summed E-state index contributed by atoms with van der Waals surface area (Å²) in [6, 6.07) is 12.8. The first kappa shape index (κ1) is 23.1. The summed E-state index contributed by atoms with van der Waals surface area (Å²) in [6.45, 7) is 6.39. The minimum absolute atomic E-state index is 0.0195. The molecule has 1 amide bonds. The maximum atomic E-state index is 14.1. The monoisotopic (exact) mass is 458 g/mol. The Morgan fingerprint density at radius 3 is 2.59 bits per heavy atom. The number of nitrogens with one attached hydrogen (secondary N) is 1. The van der Waals surface area contributed by atoms with E-state index in [1.807, 2.05) is 18.2 Å². The summed E-state index contributed by atoms with van der Waals surface area (Å²) in [5.41, 5.74) is 1.47. The van der Waals surface area contributed by atoms with Gasteiger partial charge in [-0.05, 0) is 57.0 Å². The predicted molar refractivity (Wildman–Crippen MR) is 125 cm³/mol. The first-order valence-corrected chi connectivity index (χ1v) is 12.1. The highest BCUT2D eigenvalue weighted by atomic mass is 35.5.